The Morgan fingerprint density at radius 2 is 2.05 bits per heavy atom. The maximum Gasteiger partial charge on any atom is 0.0964 e. The lowest BCUT2D eigenvalue weighted by Gasteiger charge is -2.46. The van der Waals surface area contributed by atoms with Crippen molar-refractivity contribution in [2.45, 2.75) is 50.9 Å². The van der Waals surface area contributed by atoms with E-state index >= 15 is 0 Å². The van der Waals surface area contributed by atoms with Crippen molar-refractivity contribution in [3.05, 3.63) is 35.4 Å². The number of piperidine rings is 1. The van der Waals surface area contributed by atoms with E-state index in [1.54, 1.807) is 0 Å². The van der Waals surface area contributed by atoms with E-state index < -0.39 is 0 Å². The van der Waals surface area contributed by atoms with E-state index in [0.29, 0.717) is 0 Å². The smallest absolute Gasteiger partial charge is 0.0964 e. The highest BCUT2D eigenvalue weighted by atomic mass is 16.5. The molecule has 110 valence electrons. The Labute approximate surface area is 121 Å². The van der Waals surface area contributed by atoms with Gasteiger partial charge in [-0.15, -0.1) is 0 Å². The van der Waals surface area contributed by atoms with Crippen molar-refractivity contribution in [1.29, 1.82) is 0 Å². The summed E-state index contributed by atoms with van der Waals surface area (Å²) < 4.78 is 5.96. The second-order valence-corrected chi connectivity index (χ2v) is 6.27. The number of aliphatic hydroxyl groups is 1. The Morgan fingerprint density at radius 1 is 1.30 bits per heavy atom. The van der Waals surface area contributed by atoms with Gasteiger partial charge in [-0.2, -0.15) is 0 Å². The molecule has 0 radical (unpaired) electrons. The molecule has 2 aliphatic rings. The molecule has 0 unspecified atom stereocenters. The fourth-order valence-corrected chi connectivity index (χ4v) is 3.51. The van der Waals surface area contributed by atoms with Crippen LogP contribution in [-0.2, 0) is 11.3 Å². The monoisotopic (exact) mass is 275 g/mol. The lowest BCUT2D eigenvalue weighted by atomic mass is 9.82. The molecule has 1 aromatic carbocycles. The fourth-order valence-electron chi connectivity index (χ4n) is 3.51. The van der Waals surface area contributed by atoms with Crippen molar-refractivity contribution < 1.29 is 9.84 Å². The Balaban J connectivity index is 1.60. The van der Waals surface area contributed by atoms with Gasteiger partial charge in [0.05, 0.1) is 11.7 Å². The van der Waals surface area contributed by atoms with Gasteiger partial charge in [0.25, 0.3) is 0 Å². The van der Waals surface area contributed by atoms with Crippen molar-refractivity contribution in [1.82, 2.24) is 4.90 Å². The summed E-state index contributed by atoms with van der Waals surface area (Å²) >= 11 is 0. The second-order valence-electron chi connectivity index (χ2n) is 6.27. The molecule has 1 spiro atoms. The van der Waals surface area contributed by atoms with E-state index in [4.69, 9.17) is 4.74 Å². The summed E-state index contributed by atoms with van der Waals surface area (Å²) in [7, 11) is 0. The first-order valence-electron chi connectivity index (χ1n) is 7.78. The zero-order valence-corrected chi connectivity index (χ0v) is 12.3. The van der Waals surface area contributed by atoms with Gasteiger partial charge in [-0.3, -0.25) is 4.90 Å². The number of nitrogens with zero attached hydrogens (tertiary/aromatic N) is 1. The van der Waals surface area contributed by atoms with Crippen LogP contribution in [0.4, 0.5) is 0 Å². The first-order valence-corrected chi connectivity index (χ1v) is 7.78. The van der Waals surface area contributed by atoms with Crippen LogP contribution in [-0.4, -0.2) is 41.4 Å². The van der Waals surface area contributed by atoms with E-state index in [2.05, 4.69) is 36.1 Å². The third-order valence-corrected chi connectivity index (χ3v) is 4.98. The van der Waals surface area contributed by atoms with Gasteiger partial charge in [0.1, 0.15) is 0 Å². The van der Waals surface area contributed by atoms with Gasteiger partial charge in [0.2, 0.25) is 0 Å². The molecule has 1 N–H and O–H groups in total. The van der Waals surface area contributed by atoms with Gasteiger partial charge < -0.3 is 9.84 Å². The van der Waals surface area contributed by atoms with Gasteiger partial charge in [0.15, 0.2) is 0 Å². The van der Waals surface area contributed by atoms with Crippen molar-refractivity contribution in [3.8, 4) is 0 Å². The standard InChI is InChI=1S/C17H25NO2/c1-14-5-2-3-6-15(14)13-18-10-8-17(9-11-18)16(19)7-4-12-20-17/h2-3,5-6,16,19H,4,7-13H2,1H3/t16-/m0/s1. The van der Waals surface area contributed by atoms with Crippen LogP contribution in [0.3, 0.4) is 0 Å². The molecule has 0 saturated carbocycles. The third kappa shape index (κ3) is 2.76. The summed E-state index contributed by atoms with van der Waals surface area (Å²) in [4.78, 5) is 2.48. The molecule has 20 heavy (non-hydrogen) atoms. The number of hydrogen-bond donors (Lipinski definition) is 1. The highest BCUT2D eigenvalue weighted by Gasteiger charge is 2.43. The number of rotatable bonds is 2. The van der Waals surface area contributed by atoms with E-state index in [1.807, 2.05) is 0 Å². The lowest BCUT2D eigenvalue weighted by molar-refractivity contribution is -0.177. The molecule has 3 heteroatoms. The topological polar surface area (TPSA) is 32.7 Å². The minimum Gasteiger partial charge on any atom is -0.390 e. The van der Waals surface area contributed by atoms with E-state index in [9.17, 15) is 5.11 Å². The highest BCUT2D eigenvalue weighted by molar-refractivity contribution is 5.25. The van der Waals surface area contributed by atoms with Gasteiger partial charge in [0, 0.05) is 26.2 Å². The van der Waals surface area contributed by atoms with Crippen LogP contribution in [0.1, 0.15) is 36.8 Å². The van der Waals surface area contributed by atoms with E-state index in [1.165, 1.54) is 11.1 Å². The van der Waals surface area contributed by atoms with Gasteiger partial charge in [-0.1, -0.05) is 24.3 Å². The van der Waals surface area contributed by atoms with Crippen LogP contribution >= 0.6 is 0 Å². The number of hydrogen-bond acceptors (Lipinski definition) is 3. The van der Waals surface area contributed by atoms with Crippen LogP contribution in [0.2, 0.25) is 0 Å². The molecule has 1 atom stereocenters. The number of benzene rings is 1. The predicted molar refractivity (Wildman–Crippen MR) is 79.6 cm³/mol. The molecule has 0 aromatic heterocycles. The molecule has 0 amide bonds. The van der Waals surface area contributed by atoms with Crippen molar-refractivity contribution in [2.24, 2.45) is 0 Å². The molecule has 3 nitrogen and oxygen atoms in total. The molecular weight excluding hydrogens is 250 g/mol. The normalized spacial score (nSPS) is 26.8. The summed E-state index contributed by atoms with van der Waals surface area (Å²) in [6.07, 6.45) is 3.55. The number of ether oxygens (including phenoxy) is 1. The van der Waals surface area contributed by atoms with E-state index in [0.717, 1.165) is 51.9 Å². The second kappa shape index (κ2) is 5.84. The quantitative estimate of drug-likeness (QED) is 0.900. The third-order valence-electron chi connectivity index (χ3n) is 4.98. The SMILES string of the molecule is Cc1ccccc1CN1CCC2(CC1)OCCC[C@@H]2O. The average molecular weight is 275 g/mol. The summed E-state index contributed by atoms with van der Waals surface area (Å²) in [5, 5.41) is 10.3. The summed E-state index contributed by atoms with van der Waals surface area (Å²) in [5.41, 5.74) is 2.52. The number of aryl methyl sites for hydroxylation is 1. The molecule has 1 aromatic rings. The first kappa shape index (κ1) is 14.1. The maximum atomic E-state index is 10.3. The van der Waals surface area contributed by atoms with Crippen LogP contribution in [0.25, 0.3) is 0 Å². The van der Waals surface area contributed by atoms with E-state index in [-0.39, 0.29) is 11.7 Å². The highest BCUT2D eigenvalue weighted by Crippen LogP contribution is 2.35. The minimum absolute atomic E-state index is 0.250. The maximum absolute atomic E-state index is 10.3. The van der Waals surface area contributed by atoms with Crippen molar-refractivity contribution >= 4 is 0 Å². The van der Waals surface area contributed by atoms with Crippen molar-refractivity contribution in [3.63, 3.8) is 0 Å². The first-order chi connectivity index (χ1) is 9.70. The zero-order valence-electron chi connectivity index (χ0n) is 12.3. The molecule has 0 aliphatic carbocycles. The summed E-state index contributed by atoms with van der Waals surface area (Å²) in [5.74, 6) is 0. The summed E-state index contributed by atoms with van der Waals surface area (Å²) in [6.45, 7) is 6.04. The Morgan fingerprint density at radius 3 is 2.75 bits per heavy atom. The number of aliphatic hydroxyl groups excluding tert-OH is 1. The van der Waals surface area contributed by atoms with Gasteiger partial charge >= 0.3 is 0 Å². The largest absolute Gasteiger partial charge is 0.390 e. The van der Waals surface area contributed by atoms with Crippen LogP contribution < -0.4 is 0 Å². The predicted octanol–water partition coefficient (Wildman–Crippen LogP) is 2.50. The molecule has 0 bridgehead atoms. The number of likely N-dealkylation sites (tertiary alicyclic amines) is 1. The van der Waals surface area contributed by atoms with Crippen LogP contribution in [0.5, 0.6) is 0 Å². The average Bonchev–Trinajstić information content (AvgIpc) is 2.47. The molecule has 2 fully saturated rings. The van der Waals surface area contributed by atoms with Crippen molar-refractivity contribution in [2.75, 3.05) is 19.7 Å². The van der Waals surface area contributed by atoms with Crippen LogP contribution in [0.15, 0.2) is 24.3 Å². The van der Waals surface area contributed by atoms with Gasteiger partial charge in [-0.05, 0) is 43.7 Å². The molecule has 2 aliphatic heterocycles. The fraction of sp³-hybridized carbons (Fsp3) is 0.647. The Kier molecular flexibility index (Phi) is 4.11. The molecule has 3 rings (SSSR count). The van der Waals surface area contributed by atoms with Gasteiger partial charge in [-0.25, -0.2) is 0 Å². The lowest BCUT2D eigenvalue weighted by Crippen LogP contribution is -2.55. The minimum atomic E-state index is -0.267. The Bertz CT molecular complexity index is 452. The molecule has 2 heterocycles. The molecular formula is C17H25NO2. The molecule has 2 saturated heterocycles. The zero-order chi connectivity index (χ0) is 14.0. The Hall–Kier alpha value is -0.900. The van der Waals surface area contributed by atoms with Crippen LogP contribution in [0, 0.1) is 6.92 Å². The summed E-state index contributed by atoms with van der Waals surface area (Å²) in [6, 6.07) is 8.60.